The SMILES string of the molecule is Cc1c(C(=O)Nc2c(F)c(F)c(-c3ccccc3)c(F)c2F)c(=O)[nH]n1C. The molecule has 0 bridgehead atoms. The number of aromatic nitrogens is 2. The third-order valence-corrected chi connectivity index (χ3v) is 4.15. The lowest BCUT2D eigenvalue weighted by atomic mass is 10.0. The molecule has 2 N–H and O–H groups in total. The van der Waals surface area contributed by atoms with Gasteiger partial charge in [-0.2, -0.15) is 0 Å². The lowest BCUT2D eigenvalue weighted by Crippen LogP contribution is -2.22. The van der Waals surface area contributed by atoms with E-state index in [2.05, 4.69) is 5.10 Å². The van der Waals surface area contributed by atoms with E-state index >= 15 is 0 Å². The molecule has 0 atom stereocenters. The molecule has 0 saturated carbocycles. The summed E-state index contributed by atoms with van der Waals surface area (Å²) in [6.07, 6.45) is 0. The average Bonchev–Trinajstić information content (AvgIpc) is 2.90. The Kier molecular flexibility index (Phi) is 4.61. The number of halogens is 4. The van der Waals surface area contributed by atoms with Gasteiger partial charge in [0.2, 0.25) is 0 Å². The number of hydrogen-bond donors (Lipinski definition) is 2. The normalized spacial score (nSPS) is 10.9. The molecule has 0 saturated heterocycles. The summed E-state index contributed by atoms with van der Waals surface area (Å²) in [6.45, 7) is 1.42. The molecule has 0 aliphatic rings. The number of H-pyrrole nitrogens is 1. The third kappa shape index (κ3) is 3.01. The number of nitrogens with one attached hydrogen (secondary N) is 2. The Bertz CT molecular complexity index is 1080. The fraction of sp³-hybridized carbons (Fsp3) is 0.111. The highest BCUT2D eigenvalue weighted by Gasteiger charge is 2.28. The number of carbonyl (C=O) groups excluding carboxylic acids is 1. The molecule has 3 rings (SSSR count). The fourth-order valence-electron chi connectivity index (χ4n) is 2.67. The van der Waals surface area contributed by atoms with Crippen molar-refractivity contribution in [1.82, 2.24) is 9.78 Å². The number of carbonyl (C=O) groups is 1. The first kappa shape index (κ1) is 18.4. The molecule has 0 radical (unpaired) electrons. The van der Waals surface area contributed by atoms with Gasteiger partial charge in [0.15, 0.2) is 23.3 Å². The predicted molar refractivity (Wildman–Crippen MR) is 90.4 cm³/mol. The molecule has 2 aromatic carbocycles. The number of aromatic amines is 1. The Morgan fingerprint density at radius 1 is 1.00 bits per heavy atom. The Balaban J connectivity index is 2.10. The van der Waals surface area contributed by atoms with Gasteiger partial charge in [-0.3, -0.25) is 19.4 Å². The van der Waals surface area contributed by atoms with E-state index in [4.69, 9.17) is 0 Å². The summed E-state index contributed by atoms with van der Waals surface area (Å²) in [5.74, 6) is -8.06. The van der Waals surface area contributed by atoms with Crippen LogP contribution in [-0.4, -0.2) is 15.7 Å². The Morgan fingerprint density at radius 2 is 1.56 bits per heavy atom. The highest BCUT2D eigenvalue weighted by Crippen LogP contribution is 2.34. The van der Waals surface area contributed by atoms with E-state index in [1.54, 1.807) is 11.4 Å². The van der Waals surface area contributed by atoms with Crippen LogP contribution in [0.5, 0.6) is 0 Å². The van der Waals surface area contributed by atoms with Crippen LogP contribution >= 0.6 is 0 Å². The Morgan fingerprint density at radius 3 is 2.04 bits per heavy atom. The van der Waals surface area contributed by atoms with Crippen molar-refractivity contribution in [3.63, 3.8) is 0 Å². The summed E-state index contributed by atoms with van der Waals surface area (Å²) in [7, 11) is 1.45. The van der Waals surface area contributed by atoms with Crippen LogP contribution in [0.4, 0.5) is 23.2 Å². The van der Waals surface area contributed by atoms with E-state index in [0.29, 0.717) is 0 Å². The second-order valence-corrected chi connectivity index (χ2v) is 5.79. The van der Waals surface area contributed by atoms with Crippen LogP contribution in [0, 0.1) is 30.2 Å². The monoisotopic (exact) mass is 379 g/mol. The lowest BCUT2D eigenvalue weighted by Gasteiger charge is -2.13. The number of amides is 1. The summed E-state index contributed by atoms with van der Waals surface area (Å²) >= 11 is 0. The van der Waals surface area contributed by atoms with Crippen LogP contribution < -0.4 is 10.9 Å². The maximum atomic E-state index is 14.4. The zero-order valence-electron chi connectivity index (χ0n) is 14.2. The van der Waals surface area contributed by atoms with Crippen LogP contribution in [-0.2, 0) is 7.05 Å². The fourth-order valence-corrected chi connectivity index (χ4v) is 2.67. The summed E-state index contributed by atoms with van der Waals surface area (Å²) in [6, 6.07) is 7.03. The first-order valence-electron chi connectivity index (χ1n) is 7.72. The average molecular weight is 379 g/mol. The first-order chi connectivity index (χ1) is 12.7. The van der Waals surface area contributed by atoms with Gasteiger partial charge in [0.1, 0.15) is 11.3 Å². The minimum absolute atomic E-state index is 0.0708. The van der Waals surface area contributed by atoms with Crippen molar-refractivity contribution >= 4 is 11.6 Å². The third-order valence-electron chi connectivity index (χ3n) is 4.15. The summed E-state index contributed by atoms with van der Waals surface area (Å²) in [5.41, 5.74) is -3.33. The van der Waals surface area contributed by atoms with E-state index < -0.39 is 51.5 Å². The minimum atomic E-state index is -1.77. The van der Waals surface area contributed by atoms with Crippen LogP contribution in [0.2, 0.25) is 0 Å². The lowest BCUT2D eigenvalue weighted by molar-refractivity contribution is 0.102. The molecule has 1 heterocycles. The van der Waals surface area contributed by atoms with Gasteiger partial charge in [-0.05, 0) is 12.5 Å². The van der Waals surface area contributed by atoms with Crippen molar-refractivity contribution in [1.29, 1.82) is 0 Å². The molecule has 0 unspecified atom stereocenters. The van der Waals surface area contributed by atoms with Gasteiger partial charge in [-0.25, -0.2) is 17.6 Å². The van der Waals surface area contributed by atoms with E-state index in [1.165, 1.54) is 42.9 Å². The summed E-state index contributed by atoms with van der Waals surface area (Å²) < 4.78 is 58.8. The number of anilines is 1. The van der Waals surface area contributed by atoms with Gasteiger partial charge >= 0.3 is 0 Å². The molecule has 140 valence electrons. The van der Waals surface area contributed by atoms with Gasteiger partial charge in [0.05, 0.1) is 5.56 Å². The van der Waals surface area contributed by atoms with Crippen LogP contribution in [0.1, 0.15) is 16.1 Å². The maximum absolute atomic E-state index is 14.4. The first-order valence-corrected chi connectivity index (χ1v) is 7.72. The topological polar surface area (TPSA) is 66.9 Å². The quantitative estimate of drug-likeness (QED) is 0.540. The van der Waals surface area contributed by atoms with Gasteiger partial charge in [-0.1, -0.05) is 30.3 Å². The van der Waals surface area contributed by atoms with E-state index in [1.807, 2.05) is 0 Å². The van der Waals surface area contributed by atoms with Crippen molar-refractivity contribution in [2.75, 3.05) is 5.32 Å². The molecule has 0 aliphatic carbocycles. The number of benzene rings is 2. The largest absolute Gasteiger partial charge is 0.317 e. The molecule has 1 aromatic heterocycles. The van der Waals surface area contributed by atoms with E-state index in [-0.39, 0.29) is 11.3 Å². The smallest absolute Gasteiger partial charge is 0.277 e. The molecule has 0 fully saturated rings. The van der Waals surface area contributed by atoms with Crippen LogP contribution in [0.3, 0.4) is 0 Å². The Hall–Kier alpha value is -3.36. The molecule has 1 amide bonds. The highest BCUT2D eigenvalue weighted by molar-refractivity contribution is 6.05. The zero-order chi connectivity index (χ0) is 19.9. The summed E-state index contributed by atoms with van der Waals surface area (Å²) in [5, 5.41) is 4.04. The Labute approximate surface area is 150 Å². The number of hydrogen-bond acceptors (Lipinski definition) is 2. The molecule has 0 spiro atoms. The molecule has 0 aliphatic heterocycles. The maximum Gasteiger partial charge on any atom is 0.277 e. The zero-order valence-corrected chi connectivity index (χ0v) is 14.2. The van der Waals surface area contributed by atoms with Crippen molar-refractivity contribution in [3.05, 3.63) is 75.2 Å². The molecule has 27 heavy (non-hydrogen) atoms. The number of nitrogens with zero attached hydrogens (tertiary/aromatic N) is 1. The predicted octanol–water partition coefficient (Wildman–Crippen LogP) is 3.50. The van der Waals surface area contributed by atoms with Gasteiger partial charge < -0.3 is 5.32 Å². The van der Waals surface area contributed by atoms with E-state index in [9.17, 15) is 27.2 Å². The van der Waals surface area contributed by atoms with Crippen molar-refractivity contribution in [2.24, 2.45) is 7.05 Å². The van der Waals surface area contributed by atoms with Gasteiger partial charge in [0, 0.05) is 12.7 Å². The van der Waals surface area contributed by atoms with Crippen molar-refractivity contribution in [2.45, 2.75) is 6.92 Å². The van der Waals surface area contributed by atoms with Crippen LogP contribution in [0.15, 0.2) is 35.1 Å². The number of aryl methyl sites for hydroxylation is 1. The molecule has 9 heteroatoms. The van der Waals surface area contributed by atoms with Gasteiger partial charge in [-0.15, -0.1) is 0 Å². The minimum Gasteiger partial charge on any atom is -0.317 e. The standard InChI is InChI=1S/C18H13F4N3O2/c1-8-10(18(27)24-25(8)2)17(26)23-16-14(21)12(19)11(13(20)15(16)22)9-6-4-3-5-7-9/h3-7H,1-2H3,(H,23,26)(H,24,27). The highest BCUT2D eigenvalue weighted by atomic mass is 19.2. The van der Waals surface area contributed by atoms with Crippen molar-refractivity contribution < 1.29 is 22.4 Å². The summed E-state index contributed by atoms with van der Waals surface area (Å²) in [4.78, 5) is 24.0. The number of rotatable bonds is 3. The van der Waals surface area contributed by atoms with E-state index in [0.717, 1.165) is 0 Å². The molecule has 5 nitrogen and oxygen atoms in total. The second kappa shape index (κ2) is 6.75. The molecule has 3 aromatic rings. The van der Waals surface area contributed by atoms with Crippen LogP contribution in [0.25, 0.3) is 11.1 Å². The van der Waals surface area contributed by atoms with Crippen molar-refractivity contribution in [3.8, 4) is 11.1 Å². The molecular formula is C18H13F4N3O2. The van der Waals surface area contributed by atoms with Gasteiger partial charge in [0.25, 0.3) is 11.5 Å². The molecular weight excluding hydrogens is 366 g/mol. The second-order valence-electron chi connectivity index (χ2n) is 5.79.